The molecule has 0 radical (unpaired) electrons. The molecule has 0 atom stereocenters. The van der Waals surface area contributed by atoms with E-state index in [-0.39, 0.29) is 0 Å². The molecule has 0 bridgehead atoms. The van der Waals surface area contributed by atoms with Crippen molar-refractivity contribution in [3.05, 3.63) is 47.2 Å². The van der Waals surface area contributed by atoms with Crippen LogP contribution in [0.2, 0.25) is 5.02 Å². The van der Waals surface area contributed by atoms with E-state index in [0.717, 1.165) is 30.0 Å². The van der Waals surface area contributed by atoms with Crippen molar-refractivity contribution >= 4 is 28.7 Å². The molecule has 19 heavy (non-hydrogen) atoms. The Kier molecular flexibility index (Phi) is 4.63. The summed E-state index contributed by atoms with van der Waals surface area (Å²) in [5.41, 5.74) is 4.00. The lowest BCUT2D eigenvalue weighted by molar-refractivity contribution is 0.978. The van der Waals surface area contributed by atoms with Gasteiger partial charge in [-0.05, 0) is 37.1 Å². The molecule has 0 aliphatic rings. The van der Waals surface area contributed by atoms with Crippen molar-refractivity contribution in [2.75, 3.05) is 17.2 Å². The van der Waals surface area contributed by atoms with Crippen LogP contribution in [-0.4, -0.2) is 11.5 Å². The van der Waals surface area contributed by atoms with Gasteiger partial charge in [0.05, 0.1) is 34.5 Å². The van der Waals surface area contributed by atoms with E-state index < -0.39 is 0 Å². The molecule has 0 fully saturated rings. The van der Waals surface area contributed by atoms with Gasteiger partial charge in [-0.3, -0.25) is 4.98 Å². The van der Waals surface area contributed by atoms with Gasteiger partial charge in [-0.15, -0.1) is 0 Å². The molecular formula is C15H18ClN3. The summed E-state index contributed by atoms with van der Waals surface area (Å²) in [7, 11) is 0. The van der Waals surface area contributed by atoms with Gasteiger partial charge in [0.1, 0.15) is 0 Å². The van der Waals surface area contributed by atoms with Crippen LogP contribution in [0, 0.1) is 6.92 Å². The van der Waals surface area contributed by atoms with Gasteiger partial charge in [0.2, 0.25) is 0 Å². The summed E-state index contributed by atoms with van der Waals surface area (Å²) >= 11 is 6.17. The van der Waals surface area contributed by atoms with Crippen LogP contribution in [0.15, 0.2) is 36.7 Å². The molecule has 1 aromatic heterocycles. The molecule has 0 saturated carbocycles. The summed E-state index contributed by atoms with van der Waals surface area (Å²) in [5, 5.41) is 7.31. The van der Waals surface area contributed by atoms with Gasteiger partial charge in [0, 0.05) is 6.54 Å². The van der Waals surface area contributed by atoms with E-state index in [4.69, 9.17) is 11.6 Å². The number of rotatable bonds is 5. The lowest BCUT2D eigenvalue weighted by Crippen LogP contribution is -2.01. The molecule has 3 nitrogen and oxygen atoms in total. The van der Waals surface area contributed by atoms with Crippen LogP contribution in [-0.2, 0) is 0 Å². The van der Waals surface area contributed by atoms with Gasteiger partial charge >= 0.3 is 0 Å². The maximum absolute atomic E-state index is 6.17. The fourth-order valence-corrected chi connectivity index (χ4v) is 1.93. The Morgan fingerprint density at radius 3 is 2.74 bits per heavy atom. The van der Waals surface area contributed by atoms with Gasteiger partial charge in [-0.25, -0.2) is 0 Å². The second-order valence-electron chi connectivity index (χ2n) is 4.50. The van der Waals surface area contributed by atoms with Crippen LogP contribution >= 0.6 is 11.6 Å². The van der Waals surface area contributed by atoms with Crippen LogP contribution in [0.3, 0.4) is 0 Å². The topological polar surface area (TPSA) is 37.0 Å². The zero-order valence-corrected chi connectivity index (χ0v) is 12.0. The first-order valence-electron chi connectivity index (χ1n) is 6.41. The first kappa shape index (κ1) is 13.7. The highest BCUT2D eigenvalue weighted by molar-refractivity contribution is 6.33. The lowest BCUT2D eigenvalue weighted by Gasteiger charge is -2.11. The number of hydrogen-bond acceptors (Lipinski definition) is 3. The molecule has 2 rings (SSSR count). The molecule has 0 aliphatic carbocycles. The highest BCUT2D eigenvalue weighted by atomic mass is 35.5. The zero-order valence-electron chi connectivity index (χ0n) is 11.2. The quantitative estimate of drug-likeness (QED) is 0.837. The van der Waals surface area contributed by atoms with Crippen molar-refractivity contribution in [2.45, 2.75) is 20.3 Å². The van der Waals surface area contributed by atoms with Gasteiger partial charge in [0.25, 0.3) is 0 Å². The summed E-state index contributed by atoms with van der Waals surface area (Å²) < 4.78 is 0. The lowest BCUT2D eigenvalue weighted by atomic mass is 10.2. The van der Waals surface area contributed by atoms with Crippen LogP contribution in [0.4, 0.5) is 17.1 Å². The van der Waals surface area contributed by atoms with Crippen LogP contribution in [0.25, 0.3) is 0 Å². The molecule has 2 aromatic rings. The number of hydrogen-bond donors (Lipinski definition) is 2. The van der Waals surface area contributed by atoms with Crippen LogP contribution in [0.1, 0.15) is 18.9 Å². The predicted octanol–water partition coefficient (Wildman–Crippen LogP) is 4.61. The Balaban J connectivity index is 2.16. The van der Waals surface area contributed by atoms with Gasteiger partial charge in [-0.1, -0.05) is 24.6 Å². The highest BCUT2D eigenvalue weighted by Crippen LogP contribution is 2.27. The van der Waals surface area contributed by atoms with Crippen molar-refractivity contribution in [2.24, 2.45) is 0 Å². The maximum Gasteiger partial charge on any atom is 0.0641 e. The first-order valence-corrected chi connectivity index (χ1v) is 6.79. The summed E-state index contributed by atoms with van der Waals surface area (Å²) in [4.78, 5) is 4.22. The number of aryl methyl sites for hydroxylation is 1. The summed E-state index contributed by atoms with van der Waals surface area (Å²) in [5.74, 6) is 0. The molecule has 100 valence electrons. The molecule has 0 aliphatic heterocycles. The van der Waals surface area contributed by atoms with E-state index in [9.17, 15) is 0 Å². The highest BCUT2D eigenvalue weighted by Gasteiger charge is 2.02. The van der Waals surface area contributed by atoms with Gasteiger partial charge < -0.3 is 10.6 Å². The number of pyridine rings is 1. The minimum atomic E-state index is 0.706. The van der Waals surface area contributed by atoms with E-state index in [0.29, 0.717) is 5.02 Å². The van der Waals surface area contributed by atoms with Gasteiger partial charge in [-0.2, -0.15) is 0 Å². The van der Waals surface area contributed by atoms with E-state index >= 15 is 0 Å². The maximum atomic E-state index is 6.17. The third kappa shape index (κ3) is 3.86. The van der Waals surface area contributed by atoms with Crippen LogP contribution < -0.4 is 10.6 Å². The SMILES string of the molecule is CCCNc1cncc(Nc2cc(C)ccc2Cl)c1. The zero-order chi connectivity index (χ0) is 13.7. The van der Waals surface area contributed by atoms with Gasteiger partial charge in [0.15, 0.2) is 0 Å². The van der Waals surface area contributed by atoms with Crippen LogP contribution in [0.5, 0.6) is 0 Å². The predicted molar refractivity (Wildman–Crippen MR) is 82.5 cm³/mol. The summed E-state index contributed by atoms with van der Waals surface area (Å²) in [6.07, 6.45) is 4.69. The molecule has 4 heteroatoms. The molecule has 2 N–H and O–H groups in total. The molecule has 0 unspecified atom stereocenters. The van der Waals surface area contributed by atoms with E-state index in [1.165, 1.54) is 5.56 Å². The minimum Gasteiger partial charge on any atom is -0.384 e. The Labute approximate surface area is 119 Å². The van der Waals surface area contributed by atoms with Crippen molar-refractivity contribution < 1.29 is 0 Å². The smallest absolute Gasteiger partial charge is 0.0641 e. The Hall–Kier alpha value is -1.74. The van der Waals surface area contributed by atoms with Crippen molar-refractivity contribution in [1.82, 2.24) is 4.98 Å². The van der Waals surface area contributed by atoms with Crippen molar-refractivity contribution in [3.63, 3.8) is 0 Å². The number of anilines is 3. The minimum absolute atomic E-state index is 0.706. The third-order valence-corrected chi connectivity index (χ3v) is 3.05. The summed E-state index contributed by atoms with van der Waals surface area (Å²) in [6, 6.07) is 7.94. The largest absolute Gasteiger partial charge is 0.384 e. The van der Waals surface area contributed by atoms with Crippen molar-refractivity contribution in [1.29, 1.82) is 0 Å². The Morgan fingerprint density at radius 2 is 1.95 bits per heavy atom. The molecular weight excluding hydrogens is 258 g/mol. The Morgan fingerprint density at radius 1 is 1.16 bits per heavy atom. The molecule has 0 spiro atoms. The standard InChI is InChI=1S/C15H18ClN3/c1-3-6-18-12-8-13(10-17-9-12)19-15-7-11(2)4-5-14(15)16/h4-5,7-10,18-19H,3,6H2,1-2H3. The normalized spacial score (nSPS) is 10.3. The second-order valence-corrected chi connectivity index (χ2v) is 4.90. The fraction of sp³-hybridized carbons (Fsp3) is 0.267. The number of benzene rings is 1. The average molecular weight is 276 g/mol. The third-order valence-electron chi connectivity index (χ3n) is 2.72. The number of halogens is 1. The molecule has 0 saturated heterocycles. The van der Waals surface area contributed by atoms with E-state index in [2.05, 4.69) is 22.5 Å². The molecule has 1 aromatic carbocycles. The Bertz CT molecular complexity index is 555. The average Bonchev–Trinajstić information content (AvgIpc) is 2.41. The number of nitrogens with zero attached hydrogens (tertiary/aromatic N) is 1. The monoisotopic (exact) mass is 275 g/mol. The number of aromatic nitrogens is 1. The molecule has 1 heterocycles. The van der Waals surface area contributed by atoms with E-state index in [1.807, 2.05) is 37.4 Å². The van der Waals surface area contributed by atoms with Crippen molar-refractivity contribution in [3.8, 4) is 0 Å². The molecule has 0 amide bonds. The first-order chi connectivity index (χ1) is 9.19. The van der Waals surface area contributed by atoms with E-state index in [1.54, 1.807) is 6.20 Å². The number of nitrogens with one attached hydrogen (secondary N) is 2. The summed E-state index contributed by atoms with van der Waals surface area (Å²) in [6.45, 7) is 5.12. The second kappa shape index (κ2) is 6.43. The fourth-order valence-electron chi connectivity index (χ4n) is 1.76.